The summed E-state index contributed by atoms with van der Waals surface area (Å²) in [6.45, 7) is 6.42. The first-order valence-corrected chi connectivity index (χ1v) is 6.69. The van der Waals surface area contributed by atoms with Crippen molar-refractivity contribution in [2.75, 3.05) is 0 Å². The number of allylic oxidation sites excluding steroid dienone is 12. The maximum absolute atomic E-state index is 2.21. The van der Waals surface area contributed by atoms with Gasteiger partial charge in [0.05, 0.1) is 0 Å². The summed E-state index contributed by atoms with van der Waals surface area (Å²) in [5.41, 5.74) is 2.87. The molecule has 0 atom stereocenters. The van der Waals surface area contributed by atoms with Crippen molar-refractivity contribution in [3.63, 3.8) is 0 Å². The van der Waals surface area contributed by atoms with Crippen LogP contribution in [-0.4, -0.2) is 0 Å². The monoisotopic (exact) mass is 240 g/mol. The first-order chi connectivity index (χ1) is 8.68. The zero-order chi connectivity index (χ0) is 13.2. The maximum Gasteiger partial charge on any atom is -0.00756 e. The Morgan fingerprint density at radius 3 is 1.89 bits per heavy atom. The van der Waals surface area contributed by atoms with Crippen molar-refractivity contribution in [3.05, 3.63) is 71.9 Å². The average molecular weight is 240 g/mol. The summed E-state index contributed by atoms with van der Waals surface area (Å²) in [7, 11) is 0. The second kappa shape index (κ2) is 8.52. The smallest absolute Gasteiger partial charge is 0.00756 e. The molecule has 0 aromatic rings. The molecule has 0 amide bonds. The van der Waals surface area contributed by atoms with E-state index in [9.17, 15) is 0 Å². The molecule has 3 aliphatic rings. The van der Waals surface area contributed by atoms with E-state index in [1.165, 1.54) is 17.6 Å². The van der Waals surface area contributed by atoms with Crippen LogP contribution in [-0.2, 0) is 0 Å². The van der Waals surface area contributed by atoms with Gasteiger partial charge in [0, 0.05) is 0 Å². The van der Waals surface area contributed by atoms with Crippen molar-refractivity contribution >= 4 is 0 Å². The summed E-state index contributed by atoms with van der Waals surface area (Å²) in [5.74, 6) is 0.685. The van der Waals surface area contributed by atoms with Crippen LogP contribution >= 0.6 is 0 Å². The van der Waals surface area contributed by atoms with Crippen molar-refractivity contribution in [2.45, 2.75) is 33.6 Å². The largest absolute Gasteiger partial charge is 0.0805 e. The second-order valence-corrected chi connectivity index (χ2v) is 4.86. The van der Waals surface area contributed by atoms with Gasteiger partial charge in [0.15, 0.2) is 0 Å². The number of rotatable bonds is 0. The lowest BCUT2D eigenvalue weighted by molar-refractivity contribution is 0.958. The van der Waals surface area contributed by atoms with Gasteiger partial charge in [0.25, 0.3) is 0 Å². The molecule has 96 valence electrons. The van der Waals surface area contributed by atoms with Gasteiger partial charge in [0.2, 0.25) is 0 Å². The van der Waals surface area contributed by atoms with E-state index < -0.39 is 0 Å². The molecule has 3 rings (SSSR count). The molecule has 18 heavy (non-hydrogen) atoms. The molecule has 0 N–H and O–H groups in total. The number of hydrogen-bond donors (Lipinski definition) is 0. The molecule has 0 aromatic carbocycles. The third-order valence-electron chi connectivity index (χ3n) is 2.85. The summed E-state index contributed by atoms with van der Waals surface area (Å²) in [6, 6.07) is 0. The summed E-state index contributed by atoms with van der Waals surface area (Å²) >= 11 is 0. The fraction of sp³-hybridized carbons (Fsp3) is 0.333. The summed E-state index contributed by atoms with van der Waals surface area (Å²) in [5, 5.41) is 0. The van der Waals surface area contributed by atoms with Crippen LogP contribution in [0.25, 0.3) is 0 Å². The maximum atomic E-state index is 2.21. The molecular weight excluding hydrogens is 216 g/mol. The minimum Gasteiger partial charge on any atom is -0.0805 e. The highest BCUT2D eigenvalue weighted by Gasteiger charge is 1.89. The lowest BCUT2D eigenvalue weighted by atomic mass is 10.2. The molecule has 0 saturated carbocycles. The Morgan fingerprint density at radius 2 is 1.72 bits per heavy atom. The molecule has 0 unspecified atom stereocenters. The van der Waals surface area contributed by atoms with E-state index in [-0.39, 0.29) is 0 Å². The van der Waals surface area contributed by atoms with Crippen LogP contribution in [0.4, 0.5) is 0 Å². The Morgan fingerprint density at radius 1 is 1.00 bits per heavy atom. The lowest BCUT2D eigenvalue weighted by Crippen LogP contribution is -1.72. The third kappa shape index (κ3) is 6.90. The first kappa shape index (κ1) is 14.5. The van der Waals surface area contributed by atoms with Gasteiger partial charge in [-0.1, -0.05) is 78.8 Å². The van der Waals surface area contributed by atoms with Gasteiger partial charge in [-0.3, -0.25) is 0 Å². The molecule has 0 saturated heterocycles. The molecule has 0 spiro atoms. The van der Waals surface area contributed by atoms with Crippen LogP contribution in [0.1, 0.15) is 33.6 Å². The highest BCUT2D eigenvalue weighted by atomic mass is 14.0. The first-order valence-electron chi connectivity index (χ1n) is 6.69. The normalized spacial score (nSPS) is 19.1. The Bertz CT molecular complexity index is 397. The summed E-state index contributed by atoms with van der Waals surface area (Å²) in [6.07, 6.45) is 23.7. The molecule has 3 aliphatic carbocycles. The van der Waals surface area contributed by atoms with Crippen molar-refractivity contribution < 1.29 is 0 Å². The number of hydrogen-bond acceptors (Lipinski definition) is 0. The van der Waals surface area contributed by atoms with Crippen LogP contribution in [0.2, 0.25) is 0 Å². The van der Waals surface area contributed by atoms with Crippen molar-refractivity contribution in [1.82, 2.24) is 0 Å². The lowest BCUT2D eigenvalue weighted by Gasteiger charge is -1.84. The van der Waals surface area contributed by atoms with Crippen molar-refractivity contribution in [2.24, 2.45) is 5.92 Å². The van der Waals surface area contributed by atoms with Gasteiger partial charge in [0.1, 0.15) is 0 Å². The molecule has 0 radical (unpaired) electrons. The van der Waals surface area contributed by atoms with Gasteiger partial charge in [-0.2, -0.15) is 0 Å². The Labute approximate surface area is 112 Å². The molecular formula is C18H24. The Balaban J connectivity index is 0.000000135. The summed E-state index contributed by atoms with van der Waals surface area (Å²) in [4.78, 5) is 0. The average Bonchev–Trinajstić information content (AvgIpc) is 3.05. The van der Waals surface area contributed by atoms with E-state index >= 15 is 0 Å². The fourth-order valence-electron chi connectivity index (χ4n) is 1.67. The van der Waals surface area contributed by atoms with Gasteiger partial charge in [-0.25, -0.2) is 0 Å². The van der Waals surface area contributed by atoms with Gasteiger partial charge in [-0.05, 0) is 32.6 Å². The second-order valence-electron chi connectivity index (χ2n) is 4.86. The van der Waals surface area contributed by atoms with Crippen LogP contribution < -0.4 is 0 Å². The minimum absolute atomic E-state index is 0.685. The predicted octanol–water partition coefficient (Wildman–Crippen LogP) is 5.53. The van der Waals surface area contributed by atoms with Crippen molar-refractivity contribution in [1.29, 1.82) is 0 Å². The van der Waals surface area contributed by atoms with Crippen LogP contribution in [0.3, 0.4) is 0 Å². The predicted molar refractivity (Wildman–Crippen MR) is 82.5 cm³/mol. The van der Waals surface area contributed by atoms with Gasteiger partial charge >= 0.3 is 0 Å². The highest BCUT2D eigenvalue weighted by molar-refractivity contribution is 5.23. The molecule has 0 aliphatic heterocycles. The topological polar surface area (TPSA) is 0 Å². The van der Waals surface area contributed by atoms with E-state index in [2.05, 4.69) is 81.5 Å². The third-order valence-corrected chi connectivity index (χ3v) is 2.85. The molecule has 0 heterocycles. The van der Waals surface area contributed by atoms with E-state index in [0.29, 0.717) is 5.92 Å². The van der Waals surface area contributed by atoms with Gasteiger partial charge < -0.3 is 0 Å². The zero-order valence-corrected chi connectivity index (χ0v) is 11.8. The molecule has 0 aromatic heterocycles. The van der Waals surface area contributed by atoms with Crippen LogP contribution in [0, 0.1) is 5.92 Å². The SMILES string of the molecule is CC1=CC=CC1.CC1=CCC=C1.CC1C=CC=C1. The standard InChI is InChI=1S/3C6H8/c3*1-6-4-2-3-5-6/h2,4-5H,3H2,1H3;2-4H,5H2,1H3;2-6H,1H3. The zero-order valence-electron chi connectivity index (χ0n) is 11.8. The Kier molecular flexibility index (Phi) is 6.86. The Hall–Kier alpha value is -1.56. The minimum atomic E-state index is 0.685. The fourth-order valence-corrected chi connectivity index (χ4v) is 1.67. The van der Waals surface area contributed by atoms with E-state index in [1.54, 1.807) is 0 Å². The van der Waals surface area contributed by atoms with Gasteiger partial charge in [-0.15, -0.1) is 0 Å². The van der Waals surface area contributed by atoms with Crippen LogP contribution in [0.5, 0.6) is 0 Å². The van der Waals surface area contributed by atoms with E-state index in [1.807, 2.05) is 0 Å². The van der Waals surface area contributed by atoms with Crippen LogP contribution in [0.15, 0.2) is 71.9 Å². The molecule has 0 heteroatoms. The summed E-state index contributed by atoms with van der Waals surface area (Å²) < 4.78 is 0. The van der Waals surface area contributed by atoms with Crippen molar-refractivity contribution in [3.8, 4) is 0 Å². The molecule has 0 bridgehead atoms. The molecule has 0 fully saturated rings. The quantitative estimate of drug-likeness (QED) is 0.522. The van der Waals surface area contributed by atoms with E-state index in [4.69, 9.17) is 0 Å². The van der Waals surface area contributed by atoms with E-state index in [0.717, 1.165) is 6.42 Å². The molecule has 0 nitrogen and oxygen atoms in total. The highest BCUT2D eigenvalue weighted by Crippen LogP contribution is 2.07.